The molecule has 82 valence electrons. The van der Waals surface area contributed by atoms with Gasteiger partial charge in [-0.1, -0.05) is 46.3 Å². The number of hydrogen-bond acceptors (Lipinski definition) is 1. The minimum Gasteiger partial charge on any atom is -0.256 e. The van der Waals surface area contributed by atoms with E-state index in [-0.39, 0.29) is 0 Å². The van der Waals surface area contributed by atoms with Crippen LogP contribution in [0.4, 0.5) is 0 Å². The summed E-state index contributed by atoms with van der Waals surface area (Å²) in [4.78, 5) is 4.51. The molecule has 0 aliphatic carbocycles. The lowest BCUT2D eigenvalue weighted by Crippen LogP contribution is -1.90. The Balaban J connectivity index is 2.31. The molecule has 0 amide bonds. The van der Waals surface area contributed by atoms with E-state index in [9.17, 15) is 0 Å². The molecule has 2 aromatic rings. The maximum atomic E-state index is 4.51. The fourth-order valence-electron chi connectivity index (χ4n) is 1.70. The molecule has 0 fully saturated rings. The first-order chi connectivity index (χ1) is 7.81. The summed E-state index contributed by atoms with van der Waals surface area (Å²) in [5, 5.41) is 0.985. The highest BCUT2D eigenvalue weighted by Gasteiger charge is 2.01. The standard InChI is InChI=1S/C14H14BrN/c1-11-4-2-3-5-13(11)14-7-6-12(8-9-15)10-16-14/h2-7,10H,8-9H2,1H3. The zero-order valence-electron chi connectivity index (χ0n) is 9.28. The van der Waals surface area contributed by atoms with Crippen LogP contribution in [0.15, 0.2) is 42.6 Å². The van der Waals surface area contributed by atoms with Gasteiger partial charge in [-0.25, -0.2) is 0 Å². The first-order valence-corrected chi connectivity index (χ1v) is 6.50. The van der Waals surface area contributed by atoms with Crippen molar-refractivity contribution in [3.63, 3.8) is 0 Å². The Morgan fingerprint density at radius 2 is 1.94 bits per heavy atom. The minimum atomic E-state index is 0.985. The average Bonchev–Trinajstić information content (AvgIpc) is 2.31. The molecule has 0 bridgehead atoms. The van der Waals surface area contributed by atoms with Gasteiger partial charge in [-0.05, 0) is 30.5 Å². The number of hydrogen-bond donors (Lipinski definition) is 0. The molecule has 0 aliphatic rings. The lowest BCUT2D eigenvalue weighted by atomic mass is 10.0. The molecule has 0 radical (unpaired) electrons. The molecule has 0 atom stereocenters. The lowest BCUT2D eigenvalue weighted by Gasteiger charge is -2.05. The largest absolute Gasteiger partial charge is 0.256 e. The van der Waals surface area contributed by atoms with Gasteiger partial charge in [0.25, 0.3) is 0 Å². The average molecular weight is 276 g/mol. The van der Waals surface area contributed by atoms with Crippen LogP contribution in [0.1, 0.15) is 11.1 Å². The predicted octanol–water partition coefficient (Wildman–Crippen LogP) is 3.99. The molecule has 2 rings (SSSR count). The van der Waals surface area contributed by atoms with E-state index in [1.54, 1.807) is 0 Å². The van der Waals surface area contributed by atoms with Gasteiger partial charge in [0.05, 0.1) is 5.69 Å². The molecule has 0 unspecified atom stereocenters. The third-order valence-corrected chi connectivity index (χ3v) is 3.03. The van der Waals surface area contributed by atoms with E-state index in [0.717, 1.165) is 17.4 Å². The van der Waals surface area contributed by atoms with Crippen molar-refractivity contribution in [2.45, 2.75) is 13.3 Å². The molecule has 1 aromatic heterocycles. The van der Waals surface area contributed by atoms with Crippen LogP contribution < -0.4 is 0 Å². The quantitative estimate of drug-likeness (QED) is 0.772. The highest BCUT2D eigenvalue weighted by molar-refractivity contribution is 9.09. The van der Waals surface area contributed by atoms with E-state index in [2.05, 4.69) is 64.2 Å². The summed E-state index contributed by atoms with van der Waals surface area (Å²) in [7, 11) is 0. The molecule has 2 heteroatoms. The monoisotopic (exact) mass is 275 g/mol. The second-order valence-electron chi connectivity index (χ2n) is 3.81. The van der Waals surface area contributed by atoms with Crippen molar-refractivity contribution in [3.8, 4) is 11.3 Å². The van der Waals surface area contributed by atoms with Crippen molar-refractivity contribution in [2.75, 3.05) is 5.33 Å². The Morgan fingerprint density at radius 1 is 1.12 bits per heavy atom. The fourth-order valence-corrected chi connectivity index (χ4v) is 2.16. The molecule has 1 heterocycles. The minimum absolute atomic E-state index is 0.985. The van der Waals surface area contributed by atoms with E-state index in [0.29, 0.717) is 0 Å². The van der Waals surface area contributed by atoms with Crippen LogP contribution in [0, 0.1) is 6.92 Å². The maximum Gasteiger partial charge on any atom is 0.0704 e. The molecule has 0 aliphatic heterocycles. The SMILES string of the molecule is Cc1ccccc1-c1ccc(CCBr)cn1. The summed E-state index contributed by atoms with van der Waals surface area (Å²) >= 11 is 3.43. The van der Waals surface area contributed by atoms with Crippen LogP contribution >= 0.6 is 15.9 Å². The third-order valence-electron chi connectivity index (χ3n) is 2.63. The molecule has 1 aromatic carbocycles. The van der Waals surface area contributed by atoms with Gasteiger partial charge in [-0.3, -0.25) is 4.98 Å². The Hall–Kier alpha value is -1.15. The van der Waals surface area contributed by atoms with Gasteiger partial charge in [0.15, 0.2) is 0 Å². The predicted molar refractivity (Wildman–Crippen MR) is 71.9 cm³/mol. The number of benzene rings is 1. The number of rotatable bonds is 3. The topological polar surface area (TPSA) is 12.9 Å². The van der Waals surface area contributed by atoms with Crippen LogP contribution in [0.3, 0.4) is 0 Å². The number of pyridine rings is 1. The molecule has 0 saturated carbocycles. The van der Waals surface area contributed by atoms with Gasteiger partial charge in [0.2, 0.25) is 0 Å². The second-order valence-corrected chi connectivity index (χ2v) is 4.60. The Bertz CT molecular complexity index is 462. The Kier molecular flexibility index (Phi) is 3.73. The number of nitrogens with zero attached hydrogens (tertiary/aromatic N) is 1. The number of aromatic nitrogens is 1. The Morgan fingerprint density at radius 3 is 2.56 bits per heavy atom. The van der Waals surface area contributed by atoms with Crippen molar-refractivity contribution in [2.24, 2.45) is 0 Å². The van der Waals surface area contributed by atoms with Crippen LogP contribution in [-0.4, -0.2) is 10.3 Å². The molecule has 0 spiro atoms. The van der Waals surface area contributed by atoms with E-state index < -0.39 is 0 Å². The number of halogens is 1. The summed E-state index contributed by atoms with van der Waals surface area (Å²) in [5.74, 6) is 0. The normalized spacial score (nSPS) is 10.4. The summed E-state index contributed by atoms with van der Waals surface area (Å²) in [6, 6.07) is 12.6. The first kappa shape index (κ1) is 11.3. The van der Waals surface area contributed by atoms with Crippen molar-refractivity contribution in [1.82, 2.24) is 4.98 Å². The molecule has 1 nitrogen and oxygen atoms in total. The number of alkyl halides is 1. The molecular formula is C14H14BrN. The lowest BCUT2D eigenvalue weighted by molar-refractivity contribution is 1.13. The van der Waals surface area contributed by atoms with E-state index in [1.165, 1.54) is 16.7 Å². The maximum absolute atomic E-state index is 4.51. The van der Waals surface area contributed by atoms with Gasteiger partial charge in [0, 0.05) is 17.1 Å². The zero-order chi connectivity index (χ0) is 11.4. The summed E-state index contributed by atoms with van der Waals surface area (Å²) in [6.45, 7) is 2.11. The first-order valence-electron chi connectivity index (χ1n) is 5.38. The highest BCUT2D eigenvalue weighted by Crippen LogP contribution is 2.20. The second kappa shape index (κ2) is 5.26. The van der Waals surface area contributed by atoms with Gasteiger partial charge in [-0.2, -0.15) is 0 Å². The third kappa shape index (κ3) is 2.50. The van der Waals surface area contributed by atoms with Crippen molar-refractivity contribution in [1.29, 1.82) is 0 Å². The van der Waals surface area contributed by atoms with Crippen LogP contribution in [0.25, 0.3) is 11.3 Å². The van der Waals surface area contributed by atoms with Crippen molar-refractivity contribution >= 4 is 15.9 Å². The van der Waals surface area contributed by atoms with Gasteiger partial charge >= 0.3 is 0 Å². The van der Waals surface area contributed by atoms with Gasteiger partial charge in [0.1, 0.15) is 0 Å². The van der Waals surface area contributed by atoms with Gasteiger partial charge in [-0.15, -0.1) is 0 Å². The molecule has 0 N–H and O–H groups in total. The van der Waals surface area contributed by atoms with Gasteiger partial charge < -0.3 is 0 Å². The molecular weight excluding hydrogens is 262 g/mol. The summed E-state index contributed by atoms with van der Waals surface area (Å²) < 4.78 is 0. The van der Waals surface area contributed by atoms with E-state index >= 15 is 0 Å². The van der Waals surface area contributed by atoms with Crippen LogP contribution in [-0.2, 0) is 6.42 Å². The Labute approximate surface area is 105 Å². The fraction of sp³-hybridized carbons (Fsp3) is 0.214. The highest BCUT2D eigenvalue weighted by atomic mass is 79.9. The smallest absolute Gasteiger partial charge is 0.0704 e. The molecule has 0 saturated heterocycles. The van der Waals surface area contributed by atoms with Crippen LogP contribution in [0.5, 0.6) is 0 Å². The van der Waals surface area contributed by atoms with E-state index in [4.69, 9.17) is 0 Å². The van der Waals surface area contributed by atoms with Crippen molar-refractivity contribution < 1.29 is 0 Å². The number of aryl methyl sites for hydroxylation is 2. The van der Waals surface area contributed by atoms with E-state index in [1.807, 2.05) is 6.20 Å². The van der Waals surface area contributed by atoms with Crippen molar-refractivity contribution in [3.05, 3.63) is 53.7 Å². The zero-order valence-corrected chi connectivity index (χ0v) is 10.9. The van der Waals surface area contributed by atoms with Crippen LogP contribution in [0.2, 0.25) is 0 Å². The summed E-state index contributed by atoms with van der Waals surface area (Å²) in [6.07, 6.45) is 2.99. The summed E-state index contributed by atoms with van der Waals surface area (Å²) in [5.41, 5.74) is 4.81. The molecule has 16 heavy (non-hydrogen) atoms.